The first-order valence-corrected chi connectivity index (χ1v) is 9.84. The van der Waals surface area contributed by atoms with Crippen molar-refractivity contribution in [2.75, 3.05) is 5.32 Å². The molecule has 1 fully saturated rings. The summed E-state index contributed by atoms with van der Waals surface area (Å²) in [4.78, 5) is 13.6. The Labute approximate surface area is 161 Å². The van der Waals surface area contributed by atoms with Gasteiger partial charge in [0.15, 0.2) is 0 Å². The largest absolute Gasteiger partial charge is 0.404 e. The molecule has 0 saturated heterocycles. The number of nitrogens with two attached hydrogens (primary N) is 1. The first-order valence-electron chi connectivity index (χ1n) is 9.84. The Morgan fingerprint density at radius 1 is 1.30 bits per heavy atom. The van der Waals surface area contributed by atoms with Gasteiger partial charge in [0.1, 0.15) is 0 Å². The minimum absolute atomic E-state index is 0.576. The Balaban J connectivity index is 1.74. The van der Waals surface area contributed by atoms with Gasteiger partial charge < -0.3 is 11.1 Å². The van der Waals surface area contributed by atoms with E-state index in [0.717, 1.165) is 46.7 Å². The van der Waals surface area contributed by atoms with E-state index >= 15 is 0 Å². The van der Waals surface area contributed by atoms with Crippen LogP contribution < -0.4 is 11.1 Å². The molecule has 0 aromatic carbocycles. The summed E-state index contributed by atoms with van der Waals surface area (Å²) in [5.41, 5.74) is 11.6. The van der Waals surface area contributed by atoms with Gasteiger partial charge in [-0.2, -0.15) is 0 Å². The Morgan fingerprint density at radius 2 is 2.11 bits per heavy atom. The predicted octanol–water partition coefficient (Wildman–Crippen LogP) is 4.79. The number of pyridine rings is 2. The molecule has 0 amide bonds. The van der Waals surface area contributed by atoms with Crippen LogP contribution in [0.25, 0.3) is 5.57 Å². The molecule has 3 rings (SSSR count). The lowest BCUT2D eigenvalue weighted by Crippen LogP contribution is -2.15. The van der Waals surface area contributed by atoms with Gasteiger partial charge in [-0.15, -0.1) is 0 Å². The van der Waals surface area contributed by atoms with Crippen molar-refractivity contribution in [1.29, 1.82) is 0 Å². The number of allylic oxidation sites excluding steroid dienone is 1. The molecule has 0 aliphatic heterocycles. The smallest absolute Gasteiger partial charge is 0.0762 e. The van der Waals surface area contributed by atoms with E-state index in [1.54, 1.807) is 18.6 Å². The van der Waals surface area contributed by atoms with Crippen molar-refractivity contribution in [3.05, 3.63) is 53.7 Å². The molecule has 2 aromatic rings. The molecule has 0 spiro atoms. The number of hydrogen-bond donors (Lipinski definition) is 2. The van der Waals surface area contributed by atoms with Crippen molar-refractivity contribution in [2.24, 2.45) is 10.7 Å². The van der Waals surface area contributed by atoms with Crippen LogP contribution in [0.3, 0.4) is 0 Å². The van der Waals surface area contributed by atoms with Crippen LogP contribution in [0.2, 0.25) is 0 Å². The van der Waals surface area contributed by atoms with Crippen LogP contribution in [0.15, 0.2) is 41.8 Å². The quantitative estimate of drug-likeness (QED) is 0.693. The maximum atomic E-state index is 5.86. The summed E-state index contributed by atoms with van der Waals surface area (Å²) in [5.74, 6) is 0. The SMILES string of the molecule is CCCc1cc(N=CC(=CN)c2ncc(NC3CCCC3)cc2C)ccn1. The van der Waals surface area contributed by atoms with Gasteiger partial charge in [0.05, 0.1) is 23.3 Å². The third kappa shape index (κ3) is 5.16. The van der Waals surface area contributed by atoms with Gasteiger partial charge >= 0.3 is 0 Å². The average Bonchev–Trinajstić information content (AvgIpc) is 3.17. The maximum absolute atomic E-state index is 5.86. The third-order valence-electron chi connectivity index (χ3n) is 4.92. The highest BCUT2D eigenvalue weighted by Crippen LogP contribution is 2.24. The topological polar surface area (TPSA) is 76.2 Å². The standard InChI is InChI=1S/C22H29N5/c1-3-6-19-12-20(9-10-24-19)25-14-17(13-23)22-16(2)11-21(15-26-22)27-18-7-4-5-8-18/h9-15,18,27H,3-8,23H2,1-2H3. The molecule has 5 nitrogen and oxygen atoms in total. The second kappa shape index (κ2) is 9.31. The normalized spacial score (nSPS) is 15.6. The highest BCUT2D eigenvalue weighted by Gasteiger charge is 2.15. The second-order valence-corrected chi connectivity index (χ2v) is 7.15. The fourth-order valence-corrected chi connectivity index (χ4v) is 3.53. The number of nitrogens with zero attached hydrogens (tertiary/aromatic N) is 3. The van der Waals surface area contributed by atoms with E-state index in [0.29, 0.717) is 6.04 Å². The minimum atomic E-state index is 0.576. The Kier molecular flexibility index (Phi) is 6.58. The molecule has 3 N–H and O–H groups in total. The predicted molar refractivity (Wildman–Crippen MR) is 113 cm³/mol. The zero-order valence-corrected chi connectivity index (χ0v) is 16.3. The summed E-state index contributed by atoms with van der Waals surface area (Å²) in [5, 5.41) is 3.59. The lowest BCUT2D eigenvalue weighted by molar-refractivity contribution is 0.754. The molecule has 2 heterocycles. The molecule has 142 valence electrons. The summed E-state index contributed by atoms with van der Waals surface area (Å²) in [6.07, 6.45) is 14.2. The van der Waals surface area contributed by atoms with Crippen LogP contribution in [0, 0.1) is 6.92 Å². The van der Waals surface area contributed by atoms with Gasteiger partial charge in [0, 0.05) is 35.9 Å². The fourth-order valence-electron chi connectivity index (χ4n) is 3.53. The molecule has 0 radical (unpaired) electrons. The zero-order valence-electron chi connectivity index (χ0n) is 16.3. The van der Waals surface area contributed by atoms with E-state index in [2.05, 4.69) is 40.2 Å². The fraction of sp³-hybridized carbons (Fsp3) is 0.409. The summed E-state index contributed by atoms with van der Waals surface area (Å²) >= 11 is 0. The van der Waals surface area contributed by atoms with Crippen LogP contribution in [0.4, 0.5) is 11.4 Å². The molecule has 2 aromatic heterocycles. The Hall–Kier alpha value is -2.69. The molecule has 0 atom stereocenters. The van der Waals surface area contributed by atoms with Crippen LogP contribution >= 0.6 is 0 Å². The molecular formula is C22H29N5. The maximum Gasteiger partial charge on any atom is 0.0762 e. The van der Waals surface area contributed by atoms with E-state index in [1.807, 2.05) is 18.3 Å². The molecule has 1 aliphatic rings. The van der Waals surface area contributed by atoms with E-state index in [9.17, 15) is 0 Å². The van der Waals surface area contributed by atoms with E-state index in [1.165, 1.54) is 25.7 Å². The van der Waals surface area contributed by atoms with Gasteiger partial charge in [0.2, 0.25) is 0 Å². The van der Waals surface area contributed by atoms with Crippen LogP contribution in [0.1, 0.15) is 56.0 Å². The van der Waals surface area contributed by atoms with Crippen LogP contribution in [-0.4, -0.2) is 22.2 Å². The molecule has 27 heavy (non-hydrogen) atoms. The van der Waals surface area contributed by atoms with E-state index in [-0.39, 0.29) is 0 Å². The number of aromatic nitrogens is 2. The second-order valence-electron chi connectivity index (χ2n) is 7.15. The van der Waals surface area contributed by atoms with Crippen molar-refractivity contribution < 1.29 is 0 Å². The molecule has 0 unspecified atom stereocenters. The van der Waals surface area contributed by atoms with Crippen molar-refractivity contribution >= 4 is 23.2 Å². The van der Waals surface area contributed by atoms with Gasteiger partial charge in [-0.25, -0.2) is 0 Å². The van der Waals surface area contributed by atoms with Gasteiger partial charge in [-0.1, -0.05) is 26.2 Å². The van der Waals surface area contributed by atoms with Crippen molar-refractivity contribution in [3.8, 4) is 0 Å². The first-order chi connectivity index (χ1) is 13.2. The number of nitrogens with one attached hydrogen (secondary N) is 1. The van der Waals surface area contributed by atoms with E-state index < -0.39 is 0 Å². The third-order valence-corrected chi connectivity index (χ3v) is 4.92. The Morgan fingerprint density at radius 3 is 2.81 bits per heavy atom. The lowest BCUT2D eigenvalue weighted by atomic mass is 10.1. The summed E-state index contributed by atoms with van der Waals surface area (Å²) in [6.45, 7) is 4.21. The highest BCUT2D eigenvalue weighted by atomic mass is 14.9. The number of aryl methyl sites for hydroxylation is 2. The highest BCUT2D eigenvalue weighted by molar-refractivity contribution is 6.10. The molecule has 5 heteroatoms. The van der Waals surface area contributed by atoms with Crippen LogP contribution in [0.5, 0.6) is 0 Å². The number of anilines is 1. The summed E-state index contributed by atoms with van der Waals surface area (Å²) in [7, 11) is 0. The van der Waals surface area contributed by atoms with Gasteiger partial charge in [-0.05, 0) is 49.9 Å². The molecule has 1 saturated carbocycles. The Bertz CT molecular complexity index is 819. The molecule has 1 aliphatic carbocycles. The minimum Gasteiger partial charge on any atom is -0.404 e. The van der Waals surface area contributed by atoms with Crippen molar-refractivity contribution in [2.45, 2.75) is 58.4 Å². The zero-order chi connectivity index (χ0) is 19.1. The summed E-state index contributed by atoms with van der Waals surface area (Å²) in [6, 6.07) is 6.64. The van der Waals surface area contributed by atoms with Crippen molar-refractivity contribution in [1.82, 2.24) is 9.97 Å². The number of hydrogen-bond acceptors (Lipinski definition) is 5. The average molecular weight is 364 g/mol. The lowest BCUT2D eigenvalue weighted by Gasteiger charge is -2.15. The molecular weight excluding hydrogens is 334 g/mol. The van der Waals surface area contributed by atoms with Crippen LogP contribution in [-0.2, 0) is 6.42 Å². The van der Waals surface area contributed by atoms with Gasteiger partial charge in [-0.3, -0.25) is 15.0 Å². The monoisotopic (exact) mass is 363 g/mol. The number of rotatable bonds is 7. The summed E-state index contributed by atoms with van der Waals surface area (Å²) < 4.78 is 0. The molecule has 0 bridgehead atoms. The van der Waals surface area contributed by atoms with E-state index in [4.69, 9.17) is 5.73 Å². The number of aliphatic imine (C=N–C) groups is 1. The first kappa shape index (κ1) is 19.1. The van der Waals surface area contributed by atoms with Gasteiger partial charge in [0.25, 0.3) is 0 Å². The van der Waals surface area contributed by atoms with Crippen molar-refractivity contribution in [3.63, 3.8) is 0 Å².